The number of rotatable bonds is 4. The maximum Gasteiger partial charge on any atom is 0.225 e. The molecule has 0 radical (unpaired) electrons. The van der Waals surface area contributed by atoms with Gasteiger partial charge in [0.15, 0.2) is 0 Å². The van der Waals surface area contributed by atoms with E-state index < -0.39 is 0 Å². The van der Waals surface area contributed by atoms with E-state index in [4.69, 9.17) is 5.73 Å². The summed E-state index contributed by atoms with van der Waals surface area (Å²) in [5.41, 5.74) is 5.68. The minimum Gasteiger partial charge on any atom is -0.349 e. The van der Waals surface area contributed by atoms with Crippen LogP contribution in [0.1, 0.15) is 35.4 Å². The van der Waals surface area contributed by atoms with Gasteiger partial charge in [-0.1, -0.05) is 12.8 Å². The van der Waals surface area contributed by atoms with Gasteiger partial charge in [0.05, 0.1) is 12.0 Å². The lowest BCUT2D eigenvalue weighted by molar-refractivity contribution is -0.122. The molecule has 0 atom stereocenters. The van der Waals surface area contributed by atoms with Crippen LogP contribution in [0, 0.1) is 6.92 Å². The average Bonchev–Trinajstić information content (AvgIpc) is 2.89. The zero-order valence-corrected chi connectivity index (χ0v) is 12.3. The van der Waals surface area contributed by atoms with Crippen molar-refractivity contribution in [2.75, 3.05) is 6.54 Å². The number of thiophene rings is 1. The van der Waals surface area contributed by atoms with Crippen LogP contribution in [0.3, 0.4) is 0 Å². The molecule has 18 heavy (non-hydrogen) atoms. The lowest BCUT2D eigenvalue weighted by Crippen LogP contribution is -2.52. The van der Waals surface area contributed by atoms with Crippen LogP contribution in [-0.4, -0.2) is 18.0 Å². The topological polar surface area (TPSA) is 55.1 Å². The Kier molecular flexibility index (Phi) is 5.63. The molecule has 3 nitrogen and oxygen atoms in total. The predicted molar refractivity (Wildman–Crippen MR) is 78.4 cm³/mol. The van der Waals surface area contributed by atoms with Gasteiger partial charge >= 0.3 is 0 Å². The summed E-state index contributed by atoms with van der Waals surface area (Å²) in [5, 5.41) is 3.14. The van der Waals surface area contributed by atoms with Crippen LogP contribution in [0.2, 0.25) is 0 Å². The summed E-state index contributed by atoms with van der Waals surface area (Å²) >= 11 is 1.69. The molecular weight excluding hydrogens is 268 g/mol. The smallest absolute Gasteiger partial charge is 0.225 e. The van der Waals surface area contributed by atoms with Crippen molar-refractivity contribution in [3.8, 4) is 0 Å². The first-order valence-electron chi connectivity index (χ1n) is 6.20. The Labute approximate surface area is 119 Å². The summed E-state index contributed by atoms with van der Waals surface area (Å²) in [5.74, 6) is 0.110. The molecule has 0 aliphatic heterocycles. The Morgan fingerprint density at radius 1 is 1.44 bits per heavy atom. The fourth-order valence-electron chi connectivity index (χ4n) is 2.51. The monoisotopic (exact) mass is 288 g/mol. The normalized spacial score (nSPS) is 17.2. The van der Waals surface area contributed by atoms with Crippen molar-refractivity contribution in [3.63, 3.8) is 0 Å². The molecule has 1 aliphatic rings. The minimum absolute atomic E-state index is 0. The van der Waals surface area contributed by atoms with Crippen LogP contribution >= 0.6 is 23.7 Å². The zero-order chi connectivity index (χ0) is 12.3. The van der Waals surface area contributed by atoms with Crippen molar-refractivity contribution in [2.45, 2.75) is 44.6 Å². The summed E-state index contributed by atoms with van der Waals surface area (Å²) in [6.45, 7) is 2.62. The van der Waals surface area contributed by atoms with E-state index in [1.54, 1.807) is 11.3 Å². The van der Waals surface area contributed by atoms with Gasteiger partial charge in [0.2, 0.25) is 5.91 Å². The van der Waals surface area contributed by atoms with Gasteiger partial charge in [0, 0.05) is 16.3 Å². The molecule has 2 rings (SSSR count). The van der Waals surface area contributed by atoms with E-state index in [0.29, 0.717) is 13.0 Å². The largest absolute Gasteiger partial charge is 0.349 e. The zero-order valence-electron chi connectivity index (χ0n) is 10.7. The first kappa shape index (κ1) is 15.5. The van der Waals surface area contributed by atoms with E-state index in [9.17, 15) is 4.79 Å². The Hall–Kier alpha value is -0.580. The van der Waals surface area contributed by atoms with E-state index in [1.807, 2.05) is 6.07 Å². The molecule has 0 bridgehead atoms. The molecule has 1 aromatic rings. The van der Waals surface area contributed by atoms with Gasteiger partial charge in [0.25, 0.3) is 0 Å². The van der Waals surface area contributed by atoms with Gasteiger partial charge in [-0.05, 0) is 31.9 Å². The highest BCUT2D eigenvalue weighted by Crippen LogP contribution is 2.28. The molecule has 5 heteroatoms. The molecule has 0 saturated heterocycles. The number of carbonyl (C=O) groups excluding carboxylic acids is 1. The second kappa shape index (κ2) is 6.55. The van der Waals surface area contributed by atoms with E-state index in [2.05, 4.69) is 18.3 Å². The molecule has 0 spiro atoms. The number of carbonyl (C=O) groups is 1. The van der Waals surface area contributed by atoms with Gasteiger partial charge in [0.1, 0.15) is 0 Å². The van der Waals surface area contributed by atoms with Gasteiger partial charge in [-0.2, -0.15) is 0 Å². The molecule has 1 aliphatic carbocycles. The molecule has 1 heterocycles. The van der Waals surface area contributed by atoms with E-state index in [-0.39, 0.29) is 23.9 Å². The molecule has 102 valence electrons. The Bertz CT molecular complexity index is 399. The molecular formula is C13H21ClN2OS. The molecule has 1 saturated carbocycles. The van der Waals surface area contributed by atoms with Crippen molar-refractivity contribution < 1.29 is 4.79 Å². The van der Waals surface area contributed by atoms with Crippen LogP contribution in [0.25, 0.3) is 0 Å². The number of aryl methyl sites for hydroxylation is 1. The van der Waals surface area contributed by atoms with Crippen molar-refractivity contribution >= 4 is 29.7 Å². The van der Waals surface area contributed by atoms with Crippen LogP contribution in [0.5, 0.6) is 0 Å². The lowest BCUT2D eigenvalue weighted by atomic mass is 9.97. The SMILES string of the molecule is Cc1ccc(CC(=O)NC2(CN)CCCC2)s1.Cl. The van der Waals surface area contributed by atoms with E-state index in [1.165, 1.54) is 17.7 Å². The Morgan fingerprint density at radius 2 is 2.11 bits per heavy atom. The lowest BCUT2D eigenvalue weighted by Gasteiger charge is -2.28. The number of nitrogens with two attached hydrogens (primary N) is 1. The van der Waals surface area contributed by atoms with E-state index >= 15 is 0 Å². The summed E-state index contributed by atoms with van der Waals surface area (Å²) in [6.07, 6.45) is 4.89. The third-order valence-corrected chi connectivity index (χ3v) is 4.49. The molecule has 1 aromatic heterocycles. The Morgan fingerprint density at radius 3 is 2.61 bits per heavy atom. The molecule has 0 unspecified atom stereocenters. The second-order valence-electron chi connectivity index (χ2n) is 4.93. The highest BCUT2D eigenvalue weighted by Gasteiger charge is 2.33. The van der Waals surface area contributed by atoms with Gasteiger partial charge in [-0.3, -0.25) is 4.79 Å². The summed E-state index contributed by atoms with van der Waals surface area (Å²) < 4.78 is 0. The van der Waals surface area contributed by atoms with E-state index in [0.717, 1.165) is 17.7 Å². The minimum atomic E-state index is -0.122. The third-order valence-electron chi connectivity index (χ3n) is 3.49. The number of amides is 1. The van der Waals surface area contributed by atoms with Crippen LogP contribution in [0.15, 0.2) is 12.1 Å². The first-order valence-corrected chi connectivity index (χ1v) is 7.02. The highest BCUT2D eigenvalue weighted by molar-refractivity contribution is 7.12. The quantitative estimate of drug-likeness (QED) is 0.894. The molecule has 1 amide bonds. The Balaban J connectivity index is 0.00000162. The summed E-state index contributed by atoms with van der Waals surface area (Å²) in [7, 11) is 0. The first-order chi connectivity index (χ1) is 8.13. The van der Waals surface area contributed by atoms with Crippen molar-refractivity contribution in [2.24, 2.45) is 5.73 Å². The van der Waals surface area contributed by atoms with Crippen molar-refractivity contribution in [3.05, 3.63) is 21.9 Å². The van der Waals surface area contributed by atoms with Gasteiger partial charge in [-0.25, -0.2) is 0 Å². The van der Waals surface area contributed by atoms with Gasteiger partial charge < -0.3 is 11.1 Å². The summed E-state index contributed by atoms with van der Waals surface area (Å²) in [6, 6.07) is 4.09. The number of hydrogen-bond acceptors (Lipinski definition) is 3. The third kappa shape index (κ3) is 3.70. The standard InChI is InChI=1S/C13H20N2OS.ClH/c1-10-4-5-11(17-10)8-12(16)15-13(9-14)6-2-3-7-13;/h4-5H,2-3,6-9,14H2,1H3,(H,15,16);1H. The average molecular weight is 289 g/mol. The maximum atomic E-state index is 12.0. The molecule has 1 fully saturated rings. The fourth-order valence-corrected chi connectivity index (χ4v) is 3.40. The molecule has 0 aromatic carbocycles. The second-order valence-corrected chi connectivity index (χ2v) is 6.30. The van der Waals surface area contributed by atoms with Crippen LogP contribution in [0.4, 0.5) is 0 Å². The molecule has 3 N–H and O–H groups in total. The summed E-state index contributed by atoms with van der Waals surface area (Å²) in [4.78, 5) is 14.4. The van der Waals surface area contributed by atoms with Crippen LogP contribution < -0.4 is 11.1 Å². The van der Waals surface area contributed by atoms with Gasteiger partial charge in [-0.15, -0.1) is 23.7 Å². The fraction of sp³-hybridized carbons (Fsp3) is 0.615. The van der Waals surface area contributed by atoms with Crippen molar-refractivity contribution in [1.29, 1.82) is 0 Å². The van der Waals surface area contributed by atoms with Crippen molar-refractivity contribution in [1.82, 2.24) is 5.32 Å². The number of nitrogens with one attached hydrogen (secondary N) is 1. The number of hydrogen-bond donors (Lipinski definition) is 2. The number of halogens is 1. The highest BCUT2D eigenvalue weighted by atomic mass is 35.5. The maximum absolute atomic E-state index is 12.0. The predicted octanol–water partition coefficient (Wildman–Crippen LogP) is 2.41. The van der Waals surface area contributed by atoms with Crippen LogP contribution in [-0.2, 0) is 11.2 Å².